The van der Waals surface area contributed by atoms with Crippen LogP contribution in [0.15, 0.2) is 138 Å². The van der Waals surface area contributed by atoms with Crippen LogP contribution in [0.5, 0.6) is 5.75 Å². The predicted molar refractivity (Wildman–Crippen MR) is 175 cm³/mol. The van der Waals surface area contributed by atoms with Gasteiger partial charge in [-0.05, 0) is 64.7 Å². The van der Waals surface area contributed by atoms with Gasteiger partial charge in [0.2, 0.25) is 0 Å². The van der Waals surface area contributed by atoms with E-state index >= 15 is 0 Å². The first-order valence-electron chi connectivity index (χ1n) is 13.4. The summed E-state index contributed by atoms with van der Waals surface area (Å²) < 4.78 is 6.74. The van der Waals surface area contributed by atoms with Crippen molar-refractivity contribution in [3.8, 4) is 5.75 Å². The Hall–Kier alpha value is -3.98. The normalized spacial score (nSPS) is 16.8. The van der Waals surface area contributed by atoms with Gasteiger partial charge in [-0.25, -0.2) is 0 Å². The van der Waals surface area contributed by atoms with Crippen molar-refractivity contribution in [1.29, 1.82) is 0 Å². The summed E-state index contributed by atoms with van der Waals surface area (Å²) >= 11 is 6.41. The van der Waals surface area contributed by atoms with E-state index in [9.17, 15) is 0 Å². The lowest BCUT2D eigenvalue weighted by atomic mass is 9.84. The van der Waals surface area contributed by atoms with E-state index < -0.39 is 6.26 Å². The Bertz CT molecular complexity index is 1790. The number of benzene rings is 5. The fourth-order valence-corrected chi connectivity index (χ4v) is 8.49. The van der Waals surface area contributed by atoms with E-state index in [1.165, 1.54) is 22.3 Å². The molecule has 0 aliphatic carbocycles. The average Bonchev–Trinajstić information content (AvgIpc) is 3.17. The van der Waals surface area contributed by atoms with Crippen LogP contribution in [0.25, 0.3) is 10.8 Å². The van der Waals surface area contributed by atoms with Gasteiger partial charge in [-0.2, -0.15) is 0 Å². The Morgan fingerprint density at radius 2 is 1.45 bits per heavy atom. The summed E-state index contributed by atoms with van der Waals surface area (Å²) in [6.45, 7) is 4.52. The van der Waals surface area contributed by atoms with Gasteiger partial charge in [0, 0.05) is 46.6 Å². The second-order valence-electron chi connectivity index (χ2n) is 10.6. The third-order valence-corrected chi connectivity index (χ3v) is 10.8. The highest BCUT2D eigenvalue weighted by molar-refractivity contribution is 8.17. The fourth-order valence-electron chi connectivity index (χ4n) is 5.42. The molecule has 0 N–H and O–H groups in total. The molecule has 40 heavy (non-hydrogen) atoms. The average molecular weight is 559 g/mol. The Kier molecular flexibility index (Phi) is 6.92. The first-order chi connectivity index (χ1) is 19.3. The van der Waals surface area contributed by atoms with E-state index in [-0.39, 0.29) is 5.41 Å². The van der Waals surface area contributed by atoms with Gasteiger partial charge in [0.1, 0.15) is 5.75 Å². The highest BCUT2D eigenvalue weighted by Crippen LogP contribution is 2.55. The van der Waals surface area contributed by atoms with Gasteiger partial charge < -0.3 is 9.42 Å². The SMILES string of the molecule is CN1/C(=C/[P@](=S)(Oc2ccc(C=Nc3cccc4ccccc34)cc2)c2ccccc2)C(C)(C)c2ccccc21. The van der Waals surface area contributed by atoms with Crippen LogP contribution in [0.2, 0.25) is 0 Å². The maximum Gasteiger partial charge on any atom is 0.166 e. The number of nitrogens with zero attached hydrogens (tertiary/aromatic N) is 2. The molecule has 0 bridgehead atoms. The summed E-state index contributed by atoms with van der Waals surface area (Å²) in [5.74, 6) is 2.97. The second-order valence-corrected chi connectivity index (χ2v) is 14.3. The molecule has 0 saturated heterocycles. The summed E-state index contributed by atoms with van der Waals surface area (Å²) in [7, 11) is 2.12. The van der Waals surface area contributed by atoms with Crippen LogP contribution >= 0.6 is 6.26 Å². The van der Waals surface area contributed by atoms with Crippen LogP contribution in [0.3, 0.4) is 0 Å². The van der Waals surface area contributed by atoms with E-state index in [1.54, 1.807) is 0 Å². The molecule has 5 heteroatoms. The van der Waals surface area contributed by atoms with Crippen LogP contribution in [0.4, 0.5) is 11.4 Å². The van der Waals surface area contributed by atoms with Crippen molar-refractivity contribution in [3.05, 3.63) is 144 Å². The molecule has 6 rings (SSSR count). The quantitative estimate of drug-likeness (QED) is 0.154. The molecule has 1 atom stereocenters. The molecule has 0 spiro atoms. The molecule has 1 heterocycles. The number of para-hydroxylation sites is 1. The van der Waals surface area contributed by atoms with Crippen molar-refractivity contribution in [2.45, 2.75) is 19.3 Å². The minimum absolute atomic E-state index is 0.185. The zero-order valence-electron chi connectivity index (χ0n) is 22.9. The number of anilines is 1. The molecule has 0 fully saturated rings. The van der Waals surface area contributed by atoms with Gasteiger partial charge >= 0.3 is 0 Å². The summed E-state index contributed by atoms with van der Waals surface area (Å²) in [4.78, 5) is 7.03. The first-order valence-corrected chi connectivity index (χ1v) is 16.2. The monoisotopic (exact) mass is 558 g/mol. The largest absolute Gasteiger partial charge is 0.458 e. The van der Waals surface area contributed by atoms with Crippen molar-refractivity contribution in [3.63, 3.8) is 0 Å². The lowest BCUT2D eigenvalue weighted by Gasteiger charge is -2.28. The van der Waals surface area contributed by atoms with Crippen molar-refractivity contribution in [1.82, 2.24) is 0 Å². The number of hydrogen-bond donors (Lipinski definition) is 0. The molecule has 198 valence electrons. The van der Waals surface area contributed by atoms with Gasteiger partial charge in [0.25, 0.3) is 0 Å². The Labute approximate surface area is 241 Å². The van der Waals surface area contributed by atoms with E-state index in [2.05, 4.69) is 86.2 Å². The van der Waals surface area contributed by atoms with Gasteiger partial charge in [-0.3, -0.25) is 4.99 Å². The van der Waals surface area contributed by atoms with E-state index in [1.807, 2.05) is 72.9 Å². The molecule has 0 unspecified atom stereocenters. The predicted octanol–water partition coefficient (Wildman–Crippen LogP) is 8.96. The van der Waals surface area contributed by atoms with E-state index in [4.69, 9.17) is 21.3 Å². The van der Waals surface area contributed by atoms with Gasteiger partial charge in [0.15, 0.2) is 6.26 Å². The molecule has 0 amide bonds. The molecule has 0 aromatic heterocycles. The van der Waals surface area contributed by atoms with Gasteiger partial charge in [-0.1, -0.05) is 98.8 Å². The van der Waals surface area contributed by atoms with Crippen molar-refractivity contribution in [2.75, 3.05) is 11.9 Å². The second kappa shape index (κ2) is 10.5. The summed E-state index contributed by atoms with van der Waals surface area (Å²) in [5, 5.41) is 3.35. The zero-order chi connectivity index (χ0) is 27.7. The highest BCUT2D eigenvalue weighted by atomic mass is 32.4. The Morgan fingerprint density at radius 3 is 2.23 bits per heavy atom. The van der Waals surface area contributed by atoms with Crippen molar-refractivity contribution >= 4 is 51.7 Å². The minimum Gasteiger partial charge on any atom is -0.458 e. The standard InChI is InChI=1S/C35H31N2OPS/c1-35(2)31-17-9-10-19-33(31)37(3)34(35)25-39(40,29-14-5-4-6-15-29)38-28-22-20-26(21-23-28)24-36-32-18-11-13-27-12-7-8-16-30(27)32/h4-25H,1-3H3/b34-25+,36-24?/t39-/m1/s1. The third-order valence-electron chi connectivity index (χ3n) is 7.59. The van der Waals surface area contributed by atoms with Crippen LogP contribution in [-0.2, 0) is 17.2 Å². The third kappa shape index (κ3) is 4.90. The summed E-state index contributed by atoms with van der Waals surface area (Å²) in [5.41, 5.74) is 5.44. The van der Waals surface area contributed by atoms with Gasteiger partial charge in [-0.15, -0.1) is 0 Å². The van der Waals surface area contributed by atoms with E-state index in [0.717, 1.165) is 27.7 Å². The number of likely N-dealkylation sites (N-methyl/N-ethyl adjacent to an activating group) is 1. The van der Waals surface area contributed by atoms with Gasteiger partial charge in [0.05, 0.1) is 5.69 Å². The molecule has 5 aromatic carbocycles. The van der Waals surface area contributed by atoms with Crippen LogP contribution in [-0.4, -0.2) is 13.3 Å². The summed E-state index contributed by atoms with van der Waals surface area (Å²) in [6.07, 6.45) is -0.701. The minimum atomic E-state index is -2.60. The fraction of sp³-hybridized carbons (Fsp3) is 0.114. The Morgan fingerprint density at radius 1 is 0.775 bits per heavy atom. The Balaban J connectivity index is 1.32. The smallest absolute Gasteiger partial charge is 0.166 e. The van der Waals surface area contributed by atoms with Crippen molar-refractivity contribution in [2.24, 2.45) is 4.99 Å². The lowest BCUT2D eigenvalue weighted by Crippen LogP contribution is -2.24. The molecule has 3 nitrogen and oxygen atoms in total. The zero-order valence-corrected chi connectivity index (χ0v) is 24.6. The summed E-state index contributed by atoms with van der Waals surface area (Å²) in [6, 6.07) is 41.3. The maximum absolute atomic E-state index is 6.74. The van der Waals surface area contributed by atoms with Crippen molar-refractivity contribution < 1.29 is 4.52 Å². The van der Waals surface area contributed by atoms with Crippen LogP contribution < -0.4 is 14.7 Å². The number of hydrogen-bond acceptors (Lipinski definition) is 4. The molecular weight excluding hydrogens is 527 g/mol. The molecule has 0 saturated carbocycles. The molecule has 5 aromatic rings. The highest BCUT2D eigenvalue weighted by Gasteiger charge is 2.40. The molecular formula is C35H31N2OPS. The number of aliphatic imine (C=N–C) groups is 1. The molecule has 1 aliphatic rings. The first kappa shape index (κ1) is 26.3. The molecule has 1 aliphatic heterocycles. The topological polar surface area (TPSA) is 24.8 Å². The maximum atomic E-state index is 6.74. The molecule has 0 radical (unpaired) electrons. The number of allylic oxidation sites excluding steroid dienone is 1. The van der Waals surface area contributed by atoms with Crippen LogP contribution in [0.1, 0.15) is 25.0 Å². The lowest BCUT2D eigenvalue weighted by molar-refractivity contribution is 0.619. The number of fused-ring (bicyclic) bond motifs is 2. The van der Waals surface area contributed by atoms with Crippen LogP contribution in [0, 0.1) is 0 Å². The number of rotatable bonds is 6. The van der Waals surface area contributed by atoms with E-state index in [0.29, 0.717) is 0 Å².